The highest BCUT2D eigenvalue weighted by atomic mass is 17.2. The van der Waals surface area contributed by atoms with Gasteiger partial charge in [-0.05, 0) is 42.0 Å². The number of methoxy groups -OCH3 is 1. The van der Waals surface area contributed by atoms with Crippen molar-refractivity contribution in [2.45, 2.75) is 44.5 Å². The highest BCUT2D eigenvalue weighted by Crippen LogP contribution is 2.39. The van der Waals surface area contributed by atoms with Crippen LogP contribution in [0.3, 0.4) is 0 Å². The molecule has 1 saturated carbocycles. The summed E-state index contributed by atoms with van der Waals surface area (Å²) in [6.07, 6.45) is 3.77. The van der Waals surface area contributed by atoms with Crippen molar-refractivity contribution in [1.82, 2.24) is 0 Å². The van der Waals surface area contributed by atoms with Crippen LogP contribution in [-0.4, -0.2) is 25.6 Å². The predicted molar refractivity (Wildman–Crippen MR) is 84.3 cm³/mol. The van der Waals surface area contributed by atoms with E-state index in [1.165, 1.54) is 0 Å². The molecule has 0 radical (unpaired) electrons. The first kappa shape index (κ1) is 15.5. The van der Waals surface area contributed by atoms with Crippen molar-refractivity contribution in [2.75, 3.05) is 13.7 Å². The molecule has 22 heavy (non-hydrogen) atoms. The lowest BCUT2D eigenvalue weighted by Gasteiger charge is -2.42. The van der Waals surface area contributed by atoms with Crippen LogP contribution in [0.4, 0.5) is 0 Å². The largest absolute Gasteiger partial charge is 0.497 e. The number of rotatable bonds is 3. The zero-order chi connectivity index (χ0) is 15.6. The van der Waals surface area contributed by atoms with Gasteiger partial charge in [0.2, 0.25) is 5.79 Å². The van der Waals surface area contributed by atoms with Crippen molar-refractivity contribution in [3.8, 4) is 5.75 Å². The second-order valence-corrected chi connectivity index (χ2v) is 6.33. The first-order valence-electron chi connectivity index (χ1n) is 7.93. The second-order valence-electron chi connectivity index (χ2n) is 6.33. The smallest absolute Gasteiger partial charge is 0.201 e. The molecule has 1 heterocycles. The first-order valence-corrected chi connectivity index (χ1v) is 7.93. The average Bonchev–Trinajstić information content (AvgIpc) is 2.58. The lowest BCUT2D eigenvalue weighted by Crippen LogP contribution is -2.47. The fourth-order valence-electron chi connectivity index (χ4n) is 3.00. The van der Waals surface area contributed by atoms with Crippen molar-refractivity contribution in [3.05, 3.63) is 36.4 Å². The lowest BCUT2D eigenvalue weighted by atomic mass is 9.86. The maximum absolute atomic E-state index is 6.02. The van der Waals surface area contributed by atoms with Gasteiger partial charge in [-0.25, -0.2) is 9.78 Å². The molecule has 0 bridgehead atoms. The van der Waals surface area contributed by atoms with Crippen molar-refractivity contribution < 1.29 is 19.2 Å². The molecule has 1 atom stereocenters. The Labute approximate surface area is 131 Å². The van der Waals surface area contributed by atoms with Gasteiger partial charge in [0.25, 0.3) is 0 Å². The third-order valence-electron chi connectivity index (χ3n) is 4.70. The summed E-state index contributed by atoms with van der Waals surface area (Å²) < 4.78 is 11.2. The zero-order valence-corrected chi connectivity index (χ0v) is 13.3. The van der Waals surface area contributed by atoms with E-state index in [-0.39, 0.29) is 6.10 Å². The Morgan fingerprint density at radius 1 is 1.23 bits per heavy atom. The molecule has 0 aromatic heterocycles. The van der Waals surface area contributed by atoms with E-state index in [2.05, 4.69) is 13.5 Å². The van der Waals surface area contributed by atoms with E-state index in [0.29, 0.717) is 6.61 Å². The molecular weight excluding hydrogens is 280 g/mol. The molecule has 1 saturated heterocycles. The number of ether oxygens (including phenoxy) is 2. The van der Waals surface area contributed by atoms with Gasteiger partial charge in [0.1, 0.15) is 11.9 Å². The summed E-state index contributed by atoms with van der Waals surface area (Å²) in [7, 11) is 1.65. The number of hydrogen-bond donors (Lipinski definition) is 0. The SMILES string of the molecule is C=C(c1ccc(OC)cc1)C1COC2(CCC(C)CC2)OO1. The van der Waals surface area contributed by atoms with Crippen LogP contribution in [0.5, 0.6) is 5.75 Å². The molecule has 1 unspecified atom stereocenters. The lowest BCUT2D eigenvalue weighted by molar-refractivity contribution is -0.484. The molecule has 4 nitrogen and oxygen atoms in total. The molecular formula is C18H24O4. The maximum atomic E-state index is 6.02. The Hall–Kier alpha value is -1.36. The normalized spacial score (nSPS) is 31.9. The summed E-state index contributed by atoms with van der Waals surface area (Å²) in [6, 6.07) is 7.76. The van der Waals surface area contributed by atoms with Gasteiger partial charge in [0, 0.05) is 12.8 Å². The van der Waals surface area contributed by atoms with E-state index in [1.807, 2.05) is 24.3 Å². The summed E-state index contributed by atoms with van der Waals surface area (Å²) >= 11 is 0. The molecule has 1 aromatic carbocycles. The van der Waals surface area contributed by atoms with Crippen molar-refractivity contribution in [3.63, 3.8) is 0 Å². The van der Waals surface area contributed by atoms with E-state index in [4.69, 9.17) is 19.2 Å². The van der Waals surface area contributed by atoms with Crippen LogP contribution in [-0.2, 0) is 14.5 Å². The predicted octanol–water partition coefficient (Wildman–Crippen LogP) is 3.96. The average molecular weight is 304 g/mol. The van der Waals surface area contributed by atoms with Crippen molar-refractivity contribution >= 4 is 5.57 Å². The summed E-state index contributed by atoms with van der Waals surface area (Å²) in [4.78, 5) is 11.3. The number of benzene rings is 1. The van der Waals surface area contributed by atoms with Gasteiger partial charge in [-0.3, -0.25) is 0 Å². The van der Waals surface area contributed by atoms with Gasteiger partial charge in [0.15, 0.2) is 0 Å². The van der Waals surface area contributed by atoms with Gasteiger partial charge < -0.3 is 9.47 Å². The van der Waals surface area contributed by atoms with E-state index < -0.39 is 5.79 Å². The molecule has 4 heteroatoms. The molecule has 1 aliphatic carbocycles. The van der Waals surface area contributed by atoms with Crippen LogP contribution in [0.1, 0.15) is 38.2 Å². The Balaban J connectivity index is 1.59. The van der Waals surface area contributed by atoms with Crippen LogP contribution < -0.4 is 4.74 Å². The zero-order valence-electron chi connectivity index (χ0n) is 13.3. The Kier molecular flexibility index (Phi) is 4.52. The van der Waals surface area contributed by atoms with Crippen LogP contribution in [0, 0.1) is 5.92 Å². The standard InChI is InChI=1S/C18H24O4/c1-13-8-10-18(11-9-13)20-12-17(21-22-18)14(2)15-4-6-16(19-3)7-5-15/h4-7,13,17H,2,8-12H2,1,3H3. The third-order valence-corrected chi connectivity index (χ3v) is 4.70. The molecule has 0 amide bonds. The molecule has 1 aromatic rings. The van der Waals surface area contributed by atoms with Crippen LogP contribution in [0.2, 0.25) is 0 Å². The Bertz CT molecular complexity index is 504. The van der Waals surface area contributed by atoms with E-state index in [9.17, 15) is 0 Å². The third kappa shape index (κ3) is 3.19. The molecule has 3 rings (SSSR count). The van der Waals surface area contributed by atoms with Crippen LogP contribution >= 0.6 is 0 Å². The summed E-state index contributed by atoms with van der Waals surface area (Å²) in [5, 5.41) is 0. The molecule has 0 N–H and O–H groups in total. The molecule has 2 aliphatic rings. The summed E-state index contributed by atoms with van der Waals surface area (Å²) in [5.74, 6) is 1.03. The van der Waals surface area contributed by atoms with Gasteiger partial charge in [-0.2, -0.15) is 0 Å². The van der Waals surface area contributed by atoms with Crippen molar-refractivity contribution in [2.24, 2.45) is 5.92 Å². The van der Waals surface area contributed by atoms with Crippen LogP contribution in [0.25, 0.3) is 5.57 Å². The molecule has 1 spiro atoms. The van der Waals surface area contributed by atoms with Crippen molar-refractivity contribution in [1.29, 1.82) is 0 Å². The molecule has 1 aliphatic heterocycles. The summed E-state index contributed by atoms with van der Waals surface area (Å²) in [5.41, 5.74) is 1.87. The highest BCUT2D eigenvalue weighted by Gasteiger charge is 2.42. The Morgan fingerprint density at radius 3 is 2.45 bits per heavy atom. The minimum Gasteiger partial charge on any atom is -0.497 e. The fourth-order valence-corrected chi connectivity index (χ4v) is 3.00. The van der Waals surface area contributed by atoms with Gasteiger partial charge in [-0.15, -0.1) is 0 Å². The first-order chi connectivity index (χ1) is 10.6. The quantitative estimate of drug-likeness (QED) is 0.792. The molecule has 120 valence electrons. The highest BCUT2D eigenvalue weighted by molar-refractivity contribution is 5.67. The fraction of sp³-hybridized carbons (Fsp3) is 0.556. The Morgan fingerprint density at radius 2 is 1.91 bits per heavy atom. The topological polar surface area (TPSA) is 36.9 Å². The van der Waals surface area contributed by atoms with Crippen LogP contribution in [0.15, 0.2) is 30.8 Å². The molecule has 2 fully saturated rings. The number of hydrogen-bond acceptors (Lipinski definition) is 4. The van der Waals surface area contributed by atoms with E-state index >= 15 is 0 Å². The van der Waals surface area contributed by atoms with Gasteiger partial charge in [0.05, 0.1) is 13.7 Å². The van der Waals surface area contributed by atoms with E-state index in [0.717, 1.165) is 48.5 Å². The van der Waals surface area contributed by atoms with Gasteiger partial charge >= 0.3 is 0 Å². The maximum Gasteiger partial charge on any atom is 0.201 e. The minimum absolute atomic E-state index is 0.265. The minimum atomic E-state index is -0.538. The monoisotopic (exact) mass is 304 g/mol. The second kappa shape index (κ2) is 6.41. The van der Waals surface area contributed by atoms with E-state index in [1.54, 1.807) is 7.11 Å². The van der Waals surface area contributed by atoms with Gasteiger partial charge in [-0.1, -0.05) is 25.6 Å². The summed E-state index contributed by atoms with van der Waals surface area (Å²) in [6.45, 7) is 6.88.